The SMILES string of the molecule is Cc1cccc(OCCNC(=O)N[C@H](C)c2ccc(NC(=O)C3CC3)cc2)c1. The Morgan fingerprint density at radius 1 is 1.14 bits per heavy atom. The Balaban J connectivity index is 1.37. The summed E-state index contributed by atoms with van der Waals surface area (Å²) in [5, 5.41) is 8.60. The second-order valence-electron chi connectivity index (χ2n) is 7.17. The van der Waals surface area contributed by atoms with Crippen LogP contribution in [0.25, 0.3) is 0 Å². The van der Waals surface area contributed by atoms with Crippen LogP contribution in [0.4, 0.5) is 10.5 Å². The Morgan fingerprint density at radius 3 is 2.57 bits per heavy atom. The lowest BCUT2D eigenvalue weighted by atomic mass is 10.1. The number of ether oxygens (including phenoxy) is 1. The highest BCUT2D eigenvalue weighted by atomic mass is 16.5. The number of hydrogen-bond donors (Lipinski definition) is 3. The van der Waals surface area contributed by atoms with Crippen LogP contribution in [-0.4, -0.2) is 25.1 Å². The predicted molar refractivity (Wildman–Crippen MR) is 109 cm³/mol. The number of amides is 3. The summed E-state index contributed by atoms with van der Waals surface area (Å²) in [6.07, 6.45) is 1.96. The third-order valence-corrected chi connectivity index (χ3v) is 4.62. The van der Waals surface area contributed by atoms with Gasteiger partial charge in [0.15, 0.2) is 0 Å². The average Bonchev–Trinajstić information content (AvgIpc) is 3.51. The number of hydrogen-bond acceptors (Lipinski definition) is 3. The summed E-state index contributed by atoms with van der Waals surface area (Å²) >= 11 is 0. The molecule has 0 radical (unpaired) electrons. The highest BCUT2D eigenvalue weighted by molar-refractivity contribution is 5.94. The minimum absolute atomic E-state index is 0.0891. The Bertz CT molecular complexity index is 816. The smallest absolute Gasteiger partial charge is 0.315 e. The number of rotatable bonds is 8. The number of aryl methyl sites for hydroxylation is 1. The highest BCUT2D eigenvalue weighted by Crippen LogP contribution is 2.30. The number of anilines is 1. The van der Waals surface area contributed by atoms with Crippen molar-refractivity contribution in [3.05, 3.63) is 59.7 Å². The molecule has 2 aromatic carbocycles. The molecule has 0 saturated heterocycles. The Labute approximate surface area is 165 Å². The van der Waals surface area contributed by atoms with Crippen LogP contribution >= 0.6 is 0 Å². The molecule has 1 atom stereocenters. The first-order chi connectivity index (χ1) is 13.5. The van der Waals surface area contributed by atoms with Crippen molar-refractivity contribution in [3.8, 4) is 5.75 Å². The van der Waals surface area contributed by atoms with Gasteiger partial charge >= 0.3 is 6.03 Å². The standard InChI is InChI=1S/C22H27N3O3/c1-15-4-3-5-20(14-15)28-13-12-23-22(27)24-16(2)17-8-10-19(11-9-17)25-21(26)18-6-7-18/h3-5,8-11,14,16,18H,6-7,12-13H2,1-2H3,(H,25,26)(H2,23,24,27)/t16-/m1/s1. The van der Waals surface area contributed by atoms with Crippen LogP contribution in [0.1, 0.15) is 36.9 Å². The molecule has 6 nitrogen and oxygen atoms in total. The highest BCUT2D eigenvalue weighted by Gasteiger charge is 2.29. The lowest BCUT2D eigenvalue weighted by Crippen LogP contribution is -2.38. The fourth-order valence-corrected chi connectivity index (χ4v) is 2.81. The monoisotopic (exact) mass is 381 g/mol. The molecule has 6 heteroatoms. The molecule has 3 N–H and O–H groups in total. The second-order valence-corrected chi connectivity index (χ2v) is 7.17. The van der Waals surface area contributed by atoms with Crippen LogP contribution in [0.3, 0.4) is 0 Å². The van der Waals surface area contributed by atoms with Crippen LogP contribution in [0.15, 0.2) is 48.5 Å². The number of carbonyl (C=O) groups is 2. The molecule has 148 valence electrons. The molecule has 0 spiro atoms. The quantitative estimate of drug-likeness (QED) is 0.609. The second kappa shape index (κ2) is 9.26. The van der Waals surface area contributed by atoms with Crippen molar-refractivity contribution >= 4 is 17.6 Å². The van der Waals surface area contributed by atoms with Crippen LogP contribution in [0.5, 0.6) is 5.75 Å². The van der Waals surface area contributed by atoms with Crippen molar-refractivity contribution in [3.63, 3.8) is 0 Å². The summed E-state index contributed by atoms with van der Waals surface area (Å²) in [5.41, 5.74) is 2.89. The lowest BCUT2D eigenvalue weighted by Gasteiger charge is -2.16. The van der Waals surface area contributed by atoms with Crippen LogP contribution in [0.2, 0.25) is 0 Å². The van der Waals surface area contributed by atoms with Gasteiger partial charge in [-0.25, -0.2) is 4.79 Å². The molecule has 0 bridgehead atoms. The molecule has 1 aliphatic rings. The minimum Gasteiger partial charge on any atom is -0.492 e. The van der Waals surface area contributed by atoms with Crippen molar-refractivity contribution in [2.75, 3.05) is 18.5 Å². The summed E-state index contributed by atoms with van der Waals surface area (Å²) in [7, 11) is 0. The van der Waals surface area contributed by atoms with Crippen molar-refractivity contribution in [2.45, 2.75) is 32.7 Å². The lowest BCUT2D eigenvalue weighted by molar-refractivity contribution is -0.117. The normalized spacial score (nSPS) is 14.1. The maximum atomic E-state index is 12.1. The molecule has 0 unspecified atom stereocenters. The van der Waals surface area contributed by atoms with Crippen LogP contribution < -0.4 is 20.7 Å². The first-order valence-electron chi connectivity index (χ1n) is 9.66. The number of urea groups is 1. The van der Waals surface area contributed by atoms with Gasteiger partial charge in [0.1, 0.15) is 12.4 Å². The van der Waals surface area contributed by atoms with Gasteiger partial charge in [0.2, 0.25) is 5.91 Å². The van der Waals surface area contributed by atoms with Gasteiger partial charge in [-0.05, 0) is 62.1 Å². The number of carbonyl (C=O) groups excluding carboxylic acids is 2. The van der Waals surface area contributed by atoms with E-state index in [1.165, 1.54) is 0 Å². The van der Waals surface area contributed by atoms with E-state index in [0.29, 0.717) is 13.2 Å². The Kier molecular flexibility index (Phi) is 6.53. The van der Waals surface area contributed by atoms with E-state index >= 15 is 0 Å². The molecule has 2 aromatic rings. The summed E-state index contributed by atoms with van der Waals surface area (Å²) < 4.78 is 5.62. The van der Waals surface area contributed by atoms with E-state index in [1.807, 2.05) is 62.4 Å². The van der Waals surface area contributed by atoms with E-state index in [1.54, 1.807) is 0 Å². The largest absolute Gasteiger partial charge is 0.492 e. The zero-order chi connectivity index (χ0) is 19.9. The van der Waals surface area contributed by atoms with E-state index in [4.69, 9.17) is 4.74 Å². The number of nitrogens with one attached hydrogen (secondary N) is 3. The van der Waals surface area contributed by atoms with Crippen molar-refractivity contribution in [1.29, 1.82) is 0 Å². The van der Waals surface area contributed by atoms with Gasteiger partial charge in [0.25, 0.3) is 0 Å². The molecule has 0 heterocycles. The molecule has 28 heavy (non-hydrogen) atoms. The average molecular weight is 381 g/mol. The Morgan fingerprint density at radius 2 is 1.89 bits per heavy atom. The zero-order valence-corrected chi connectivity index (χ0v) is 16.3. The molecular formula is C22H27N3O3. The van der Waals surface area contributed by atoms with Crippen molar-refractivity contribution in [1.82, 2.24) is 10.6 Å². The van der Waals surface area contributed by atoms with E-state index < -0.39 is 0 Å². The van der Waals surface area contributed by atoms with E-state index in [2.05, 4.69) is 16.0 Å². The van der Waals surface area contributed by atoms with Gasteiger partial charge in [-0.1, -0.05) is 24.3 Å². The van der Waals surface area contributed by atoms with Gasteiger partial charge in [-0.2, -0.15) is 0 Å². The van der Waals surface area contributed by atoms with Crippen LogP contribution in [0, 0.1) is 12.8 Å². The Hall–Kier alpha value is -3.02. The molecule has 3 rings (SSSR count). The molecule has 1 fully saturated rings. The summed E-state index contributed by atoms with van der Waals surface area (Å²) in [4.78, 5) is 23.8. The van der Waals surface area contributed by atoms with E-state index in [9.17, 15) is 9.59 Å². The molecule has 1 aliphatic carbocycles. The minimum atomic E-state index is -0.244. The van der Waals surface area contributed by atoms with Gasteiger partial charge in [-0.3, -0.25) is 4.79 Å². The van der Waals surface area contributed by atoms with E-state index in [-0.39, 0.29) is 23.9 Å². The van der Waals surface area contributed by atoms with E-state index in [0.717, 1.165) is 35.4 Å². The first kappa shape index (κ1) is 19.7. The number of benzene rings is 2. The van der Waals surface area contributed by atoms with Gasteiger partial charge in [0, 0.05) is 11.6 Å². The fraction of sp³-hybridized carbons (Fsp3) is 0.364. The third-order valence-electron chi connectivity index (χ3n) is 4.62. The summed E-state index contributed by atoms with van der Waals surface area (Å²) in [6.45, 7) is 4.74. The van der Waals surface area contributed by atoms with Crippen LogP contribution in [-0.2, 0) is 4.79 Å². The summed E-state index contributed by atoms with van der Waals surface area (Å²) in [5.74, 6) is 1.06. The first-order valence-corrected chi connectivity index (χ1v) is 9.66. The molecular weight excluding hydrogens is 354 g/mol. The van der Waals surface area contributed by atoms with Gasteiger partial charge in [0.05, 0.1) is 12.6 Å². The van der Waals surface area contributed by atoms with Crippen molar-refractivity contribution < 1.29 is 14.3 Å². The van der Waals surface area contributed by atoms with Crippen molar-refractivity contribution in [2.24, 2.45) is 5.92 Å². The maximum Gasteiger partial charge on any atom is 0.315 e. The van der Waals surface area contributed by atoms with Gasteiger partial charge < -0.3 is 20.7 Å². The maximum absolute atomic E-state index is 12.1. The zero-order valence-electron chi connectivity index (χ0n) is 16.3. The molecule has 0 aromatic heterocycles. The molecule has 3 amide bonds. The van der Waals surface area contributed by atoms with Gasteiger partial charge in [-0.15, -0.1) is 0 Å². The summed E-state index contributed by atoms with van der Waals surface area (Å²) in [6, 6.07) is 15.0. The fourth-order valence-electron chi connectivity index (χ4n) is 2.81. The topological polar surface area (TPSA) is 79.5 Å². The molecule has 1 saturated carbocycles. The predicted octanol–water partition coefficient (Wildman–Crippen LogP) is 3.78. The third kappa shape index (κ3) is 6.01. The molecule has 0 aliphatic heterocycles.